The summed E-state index contributed by atoms with van der Waals surface area (Å²) in [6.07, 6.45) is 2.48. The van der Waals surface area contributed by atoms with Crippen LogP contribution in [0.5, 0.6) is 0 Å². The average Bonchev–Trinajstić information content (AvgIpc) is 3.24. The largest absolute Gasteiger partial charge is 0.399 e. The molecule has 0 spiro atoms. The number of carbonyl (C=O) groups excluding carboxylic acids is 1. The van der Waals surface area contributed by atoms with Crippen LogP contribution >= 0.6 is 0 Å². The van der Waals surface area contributed by atoms with Crippen molar-refractivity contribution in [1.82, 2.24) is 0 Å². The molecule has 1 aliphatic carbocycles. The van der Waals surface area contributed by atoms with Gasteiger partial charge in [0.2, 0.25) is 0 Å². The predicted molar refractivity (Wildman–Crippen MR) is 80.8 cm³/mol. The molecule has 5 heteroatoms. The highest BCUT2D eigenvalue weighted by Gasteiger charge is 2.33. The minimum Gasteiger partial charge on any atom is -0.399 e. The number of hydrogen-bond donors (Lipinski definition) is 2. The standard InChI is InChI=1S/C15H23N3O2/c1-10(11-3-4-11)18(7-8-20-2)14-6-5-12(16)9-13(14)15(17)19/h5-6,9-11H,3-4,7-8,16H2,1-2H3,(H2,17,19). The summed E-state index contributed by atoms with van der Waals surface area (Å²) in [5, 5.41) is 0. The van der Waals surface area contributed by atoms with Gasteiger partial charge in [0.15, 0.2) is 0 Å². The molecule has 1 aromatic rings. The highest BCUT2D eigenvalue weighted by molar-refractivity contribution is 5.99. The van der Waals surface area contributed by atoms with Crippen LogP contribution in [0.1, 0.15) is 30.1 Å². The summed E-state index contributed by atoms with van der Waals surface area (Å²) in [6.45, 7) is 3.53. The SMILES string of the molecule is COCCN(c1ccc(N)cc1C(N)=O)C(C)C1CC1. The Labute approximate surface area is 119 Å². The van der Waals surface area contributed by atoms with Gasteiger partial charge in [0.25, 0.3) is 5.91 Å². The third-order valence-electron chi connectivity index (χ3n) is 3.93. The molecule has 4 N–H and O–H groups in total. The second-order valence-electron chi connectivity index (χ2n) is 5.41. The zero-order valence-corrected chi connectivity index (χ0v) is 12.1. The summed E-state index contributed by atoms with van der Waals surface area (Å²) in [5.74, 6) is 0.239. The van der Waals surface area contributed by atoms with E-state index in [1.54, 1.807) is 19.2 Å². The maximum atomic E-state index is 11.7. The van der Waals surface area contributed by atoms with Gasteiger partial charge in [0.05, 0.1) is 12.2 Å². The van der Waals surface area contributed by atoms with E-state index in [2.05, 4.69) is 11.8 Å². The molecule has 1 amide bonds. The van der Waals surface area contributed by atoms with Crippen molar-refractivity contribution in [2.24, 2.45) is 11.7 Å². The number of carbonyl (C=O) groups is 1. The number of amides is 1. The molecule has 0 aromatic heterocycles. The van der Waals surface area contributed by atoms with E-state index in [0.29, 0.717) is 29.8 Å². The number of nitrogen functional groups attached to an aromatic ring is 1. The number of rotatable bonds is 7. The minimum absolute atomic E-state index is 0.367. The molecule has 1 unspecified atom stereocenters. The van der Waals surface area contributed by atoms with Crippen molar-refractivity contribution in [3.05, 3.63) is 23.8 Å². The first-order valence-electron chi connectivity index (χ1n) is 6.99. The normalized spacial score (nSPS) is 15.9. The lowest BCUT2D eigenvalue weighted by molar-refractivity contribution is 0.100. The Balaban J connectivity index is 2.33. The van der Waals surface area contributed by atoms with Crippen LogP contribution in [0.25, 0.3) is 0 Å². The number of anilines is 2. The second kappa shape index (κ2) is 6.13. The number of primary amides is 1. The summed E-state index contributed by atoms with van der Waals surface area (Å²) in [6, 6.07) is 5.70. The Kier molecular flexibility index (Phi) is 4.49. The highest BCUT2D eigenvalue weighted by atomic mass is 16.5. The average molecular weight is 277 g/mol. The van der Waals surface area contributed by atoms with Crippen molar-refractivity contribution in [3.8, 4) is 0 Å². The molecule has 0 radical (unpaired) electrons. The van der Waals surface area contributed by atoms with E-state index < -0.39 is 5.91 Å². The first-order valence-corrected chi connectivity index (χ1v) is 6.99. The van der Waals surface area contributed by atoms with Gasteiger partial charge < -0.3 is 21.1 Å². The fraction of sp³-hybridized carbons (Fsp3) is 0.533. The quantitative estimate of drug-likeness (QED) is 0.742. The van der Waals surface area contributed by atoms with Crippen LogP contribution in [-0.4, -0.2) is 32.2 Å². The maximum absolute atomic E-state index is 11.7. The molecule has 0 aliphatic heterocycles. The van der Waals surface area contributed by atoms with Crippen molar-refractivity contribution >= 4 is 17.3 Å². The van der Waals surface area contributed by atoms with Gasteiger partial charge in [-0.1, -0.05) is 0 Å². The van der Waals surface area contributed by atoms with Crippen LogP contribution in [0.2, 0.25) is 0 Å². The van der Waals surface area contributed by atoms with Gasteiger partial charge in [-0.15, -0.1) is 0 Å². The minimum atomic E-state index is -0.447. The lowest BCUT2D eigenvalue weighted by Gasteiger charge is -2.32. The zero-order chi connectivity index (χ0) is 14.7. The fourth-order valence-electron chi connectivity index (χ4n) is 2.57. The Bertz CT molecular complexity index is 486. The fourth-order valence-corrected chi connectivity index (χ4v) is 2.57. The first-order chi connectivity index (χ1) is 9.54. The Morgan fingerprint density at radius 2 is 2.20 bits per heavy atom. The molecule has 0 bridgehead atoms. The van der Waals surface area contributed by atoms with Crippen LogP contribution in [0.3, 0.4) is 0 Å². The number of ether oxygens (including phenoxy) is 1. The van der Waals surface area contributed by atoms with Crippen LogP contribution in [0.4, 0.5) is 11.4 Å². The summed E-state index contributed by atoms with van der Waals surface area (Å²) < 4.78 is 5.19. The lowest BCUT2D eigenvalue weighted by atomic mass is 10.1. The summed E-state index contributed by atoms with van der Waals surface area (Å²) in [7, 11) is 1.68. The smallest absolute Gasteiger partial charge is 0.250 e. The zero-order valence-electron chi connectivity index (χ0n) is 12.1. The number of nitrogens with zero attached hydrogens (tertiary/aromatic N) is 1. The van der Waals surface area contributed by atoms with Gasteiger partial charge in [0, 0.05) is 31.1 Å². The molecule has 1 saturated carbocycles. The molecule has 5 nitrogen and oxygen atoms in total. The van der Waals surface area contributed by atoms with Gasteiger partial charge in [-0.3, -0.25) is 4.79 Å². The molecular formula is C15H23N3O2. The van der Waals surface area contributed by atoms with Gasteiger partial charge in [0.1, 0.15) is 0 Å². The van der Waals surface area contributed by atoms with E-state index >= 15 is 0 Å². The molecule has 0 saturated heterocycles. The van der Waals surface area contributed by atoms with Gasteiger partial charge in [-0.2, -0.15) is 0 Å². The molecule has 0 heterocycles. The molecule has 1 aromatic carbocycles. The third-order valence-corrected chi connectivity index (χ3v) is 3.93. The molecule has 1 atom stereocenters. The Morgan fingerprint density at radius 3 is 2.75 bits per heavy atom. The van der Waals surface area contributed by atoms with Crippen molar-refractivity contribution in [2.75, 3.05) is 30.9 Å². The van der Waals surface area contributed by atoms with Gasteiger partial charge in [-0.25, -0.2) is 0 Å². The monoisotopic (exact) mass is 277 g/mol. The molecule has 2 rings (SSSR count). The van der Waals surface area contributed by atoms with Crippen LogP contribution < -0.4 is 16.4 Å². The van der Waals surface area contributed by atoms with E-state index in [4.69, 9.17) is 16.2 Å². The summed E-state index contributed by atoms with van der Waals surface area (Å²) >= 11 is 0. The van der Waals surface area contributed by atoms with Crippen LogP contribution in [0.15, 0.2) is 18.2 Å². The predicted octanol–water partition coefficient (Wildman–Crippen LogP) is 1.62. The second-order valence-corrected chi connectivity index (χ2v) is 5.41. The number of methoxy groups -OCH3 is 1. The topological polar surface area (TPSA) is 81.6 Å². The van der Waals surface area contributed by atoms with Gasteiger partial charge in [-0.05, 0) is 43.9 Å². The van der Waals surface area contributed by atoms with Crippen LogP contribution in [-0.2, 0) is 4.74 Å². The number of nitrogens with two attached hydrogens (primary N) is 2. The van der Waals surface area contributed by atoms with Crippen LogP contribution in [0, 0.1) is 5.92 Å². The number of hydrogen-bond acceptors (Lipinski definition) is 4. The molecule has 20 heavy (non-hydrogen) atoms. The molecular weight excluding hydrogens is 254 g/mol. The van der Waals surface area contributed by atoms with Crippen molar-refractivity contribution in [2.45, 2.75) is 25.8 Å². The van der Waals surface area contributed by atoms with Gasteiger partial charge >= 0.3 is 0 Å². The third kappa shape index (κ3) is 3.22. The highest BCUT2D eigenvalue weighted by Crippen LogP contribution is 2.37. The van der Waals surface area contributed by atoms with Crippen molar-refractivity contribution in [1.29, 1.82) is 0 Å². The van der Waals surface area contributed by atoms with E-state index in [1.807, 2.05) is 6.07 Å². The summed E-state index contributed by atoms with van der Waals surface area (Å²) in [5.41, 5.74) is 13.1. The Hall–Kier alpha value is -1.75. The van der Waals surface area contributed by atoms with E-state index in [9.17, 15) is 4.79 Å². The van der Waals surface area contributed by atoms with Crippen molar-refractivity contribution in [3.63, 3.8) is 0 Å². The number of benzene rings is 1. The molecule has 1 fully saturated rings. The lowest BCUT2D eigenvalue weighted by Crippen LogP contribution is -2.38. The maximum Gasteiger partial charge on any atom is 0.250 e. The molecule has 1 aliphatic rings. The summed E-state index contributed by atoms with van der Waals surface area (Å²) in [4.78, 5) is 13.9. The van der Waals surface area contributed by atoms with E-state index in [0.717, 1.165) is 12.2 Å². The van der Waals surface area contributed by atoms with E-state index in [-0.39, 0.29) is 0 Å². The molecule has 110 valence electrons. The van der Waals surface area contributed by atoms with E-state index in [1.165, 1.54) is 12.8 Å². The first kappa shape index (κ1) is 14.7. The Morgan fingerprint density at radius 1 is 1.50 bits per heavy atom. The van der Waals surface area contributed by atoms with Crippen molar-refractivity contribution < 1.29 is 9.53 Å².